The van der Waals surface area contributed by atoms with E-state index in [4.69, 9.17) is 10.0 Å². The van der Waals surface area contributed by atoms with E-state index in [9.17, 15) is 4.39 Å². The summed E-state index contributed by atoms with van der Waals surface area (Å²) in [5.74, 6) is -0.302. The molecule has 1 heterocycles. The summed E-state index contributed by atoms with van der Waals surface area (Å²) in [6, 6.07) is 5.93. The fourth-order valence-corrected chi connectivity index (χ4v) is 1.26. The molecular formula is C9H9BFN3O2. The molecule has 0 unspecified atom stereocenters. The van der Waals surface area contributed by atoms with Gasteiger partial charge in [-0.1, -0.05) is 12.1 Å². The quantitative estimate of drug-likeness (QED) is 0.662. The van der Waals surface area contributed by atoms with Gasteiger partial charge in [-0.25, -0.2) is 4.39 Å². The van der Waals surface area contributed by atoms with Gasteiger partial charge in [-0.2, -0.15) is 15.0 Å². The second-order valence-electron chi connectivity index (χ2n) is 3.30. The van der Waals surface area contributed by atoms with E-state index in [-0.39, 0.29) is 11.4 Å². The molecule has 0 spiro atoms. The summed E-state index contributed by atoms with van der Waals surface area (Å²) in [6.45, 7) is 0.354. The third-order valence-electron chi connectivity index (χ3n) is 2.06. The van der Waals surface area contributed by atoms with Crippen molar-refractivity contribution in [3.8, 4) is 0 Å². The molecule has 0 amide bonds. The number of benzene rings is 1. The molecule has 0 bridgehead atoms. The average Bonchev–Trinajstić information content (AvgIpc) is 2.70. The standard InChI is InChI=1S/C9H9BFN3O2/c11-8-3-1-7(2-4-8)6-14-12-5-9(13-14)10(15)16/h1-5,15-16H,6H2. The molecule has 0 aliphatic carbocycles. The zero-order valence-corrected chi connectivity index (χ0v) is 8.29. The molecule has 2 aromatic rings. The third-order valence-corrected chi connectivity index (χ3v) is 2.06. The van der Waals surface area contributed by atoms with E-state index in [1.807, 2.05) is 0 Å². The molecule has 16 heavy (non-hydrogen) atoms. The van der Waals surface area contributed by atoms with Gasteiger partial charge in [-0.05, 0) is 17.7 Å². The van der Waals surface area contributed by atoms with Crippen LogP contribution in [0.4, 0.5) is 4.39 Å². The van der Waals surface area contributed by atoms with Gasteiger partial charge in [0, 0.05) is 0 Å². The fourth-order valence-electron chi connectivity index (χ4n) is 1.26. The second kappa shape index (κ2) is 4.42. The van der Waals surface area contributed by atoms with Gasteiger partial charge < -0.3 is 10.0 Å². The first-order valence-corrected chi connectivity index (χ1v) is 4.66. The van der Waals surface area contributed by atoms with Gasteiger partial charge in [-0.3, -0.25) is 0 Å². The Morgan fingerprint density at radius 1 is 1.25 bits per heavy atom. The van der Waals surface area contributed by atoms with Crippen LogP contribution in [0.1, 0.15) is 5.56 Å². The van der Waals surface area contributed by atoms with Gasteiger partial charge in [0.2, 0.25) is 0 Å². The van der Waals surface area contributed by atoms with E-state index in [1.54, 1.807) is 12.1 Å². The molecule has 1 aromatic carbocycles. The maximum Gasteiger partial charge on any atom is 0.511 e. The predicted molar refractivity (Wildman–Crippen MR) is 55.3 cm³/mol. The summed E-state index contributed by atoms with van der Waals surface area (Å²) in [7, 11) is -1.62. The van der Waals surface area contributed by atoms with Crippen LogP contribution in [-0.2, 0) is 6.54 Å². The van der Waals surface area contributed by atoms with Crippen LogP contribution in [0.15, 0.2) is 30.5 Å². The number of aromatic nitrogens is 3. The minimum absolute atomic E-state index is 0.0853. The molecule has 0 atom stereocenters. The SMILES string of the molecule is OB(O)c1cnn(Cc2ccc(F)cc2)n1. The van der Waals surface area contributed by atoms with Gasteiger partial charge in [-0.15, -0.1) is 0 Å². The van der Waals surface area contributed by atoms with Crippen molar-refractivity contribution in [2.24, 2.45) is 0 Å². The summed E-state index contributed by atoms with van der Waals surface area (Å²) in [4.78, 5) is 1.31. The highest BCUT2D eigenvalue weighted by atomic mass is 19.1. The van der Waals surface area contributed by atoms with Crippen LogP contribution in [0.5, 0.6) is 0 Å². The Bertz CT molecular complexity index is 472. The van der Waals surface area contributed by atoms with Crippen molar-refractivity contribution in [2.45, 2.75) is 6.54 Å². The van der Waals surface area contributed by atoms with E-state index < -0.39 is 7.12 Å². The maximum atomic E-state index is 12.6. The molecule has 0 fully saturated rings. The number of nitrogens with zero attached hydrogens (tertiary/aromatic N) is 3. The molecule has 0 radical (unpaired) electrons. The summed E-state index contributed by atoms with van der Waals surface area (Å²) >= 11 is 0. The second-order valence-corrected chi connectivity index (χ2v) is 3.30. The highest BCUT2D eigenvalue weighted by Gasteiger charge is 2.15. The number of hydrogen-bond donors (Lipinski definition) is 2. The van der Waals surface area contributed by atoms with Gasteiger partial charge in [0.15, 0.2) is 0 Å². The molecule has 1 aromatic heterocycles. The molecule has 0 saturated carbocycles. The number of hydrogen-bond acceptors (Lipinski definition) is 4. The lowest BCUT2D eigenvalue weighted by molar-refractivity contribution is 0.423. The van der Waals surface area contributed by atoms with Crippen LogP contribution in [0, 0.1) is 5.82 Å². The lowest BCUT2D eigenvalue weighted by Crippen LogP contribution is -2.31. The van der Waals surface area contributed by atoms with Gasteiger partial charge in [0.1, 0.15) is 11.4 Å². The minimum atomic E-state index is -1.62. The Hall–Kier alpha value is -1.73. The molecule has 2 N–H and O–H groups in total. The molecular weight excluding hydrogens is 212 g/mol. The molecule has 7 heteroatoms. The Labute approximate surface area is 91.3 Å². The monoisotopic (exact) mass is 221 g/mol. The van der Waals surface area contributed by atoms with Crippen molar-refractivity contribution in [1.82, 2.24) is 15.0 Å². The normalized spacial score (nSPS) is 10.4. The summed E-state index contributed by atoms with van der Waals surface area (Å²) in [6.07, 6.45) is 1.27. The highest BCUT2D eigenvalue weighted by molar-refractivity contribution is 6.57. The van der Waals surface area contributed by atoms with Crippen molar-refractivity contribution >= 4 is 12.7 Å². The van der Waals surface area contributed by atoms with E-state index in [0.29, 0.717) is 6.54 Å². The van der Waals surface area contributed by atoms with Crippen LogP contribution in [-0.4, -0.2) is 32.2 Å². The summed E-state index contributed by atoms with van der Waals surface area (Å²) in [5.41, 5.74) is 0.915. The zero-order chi connectivity index (χ0) is 11.5. The van der Waals surface area contributed by atoms with E-state index in [0.717, 1.165) is 5.56 Å². The lowest BCUT2D eigenvalue weighted by Gasteiger charge is -1.99. The van der Waals surface area contributed by atoms with Gasteiger partial charge >= 0.3 is 7.12 Å². The largest absolute Gasteiger partial charge is 0.511 e. The van der Waals surface area contributed by atoms with Crippen LogP contribution in [0.3, 0.4) is 0 Å². The van der Waals surface area contributed by atoms with Crippen LogP contribution < -0.4 is 5.59 Å². The lowest BCUT2D eigenvalue weighted by atomic mass is 9.87. The zero-order valence-electron chi connectivity index (χ0n) is 8.29. The van der Waals surface area contributed by atoms with E-state index in [1.165, 1.54) is 23.1 Å². The Morgan fingerprint density at radius 2 is 1.94 bits per heavy atom. The van der Waals surface area contributed by atoms with Crippen LogP contribution >= 0.6 is 0 Å². The third kappa shape index (κ3) is 2.44. The Kier molecular flexibility index (Phi) is 2.98. The summed E-state index contributed by atoms with van der Waals surface area (Å²) in [5, 5.41) is 25.3. The van der Waals surface area contributed by atoms with Crippen LogP contribution in [0.2, 0.25) is 0 Å². The molecule has 82 valence electrons. The van der Waals surface area contributed by atoms with Crippen molar-refractivity contribution < 1.29 is 14.4 Å². The van der Waals surface area contributed by atoms with E-state index >= 15 is 0 Å². The van der Waals surface area contributed by atoms with E-state index in [2.05, 4.69) is 10.2 Å². The van der Waals surface area contributed by atoms with Crippen molar-refractivity contribution in [1.29, 1.82) is 0 Å². The first-order valence-electron chi connectivity index (χ1n) is 4.66. The Balaban J connectivity index is 2.11. The van der Waals surface area contributed by atoms with Crippen molar-refractivity contribution in [3.63, 3.8) is 0 Å². The fraction of sp³-hybridized carbons (Fsp3) is 0.111. The minimum Gasteiger partial charge on any atom is -0.422 e. The number of halogens is 1. The van der Waals surface area contributed by atoms with Gasteiger partial charge in [0.25, 0.3) is 0 Å². The van der Waals surface area contributed by atoms with Crippen molar-refractivity contribution in [3.05, 3.63) is 41.8 Å². The molecule has 5 nitrogen and oxygen atoms in total. The maximum absolute atomic E-state index is 12.6. The van der Waals surface area contributed by atoms with Gasteiger partial charge in [0.05, 0.1) is 12.7 Å². The first kappa shape index (κ1) is 10.8. The number of rotatable bonds is 3. The first-order chi connectivity index (χ1) is 7.65. The van der Waals surface area contributed by atoms with Crippen molar-refractivity contribution in [2.75, 3.05) is 0 Å². The highest BCUT2D eigenvalue weighted by Crippen LogP contribution is 2.03. The molecule has 2 rings (SSSR count). The molecule has 0 aliphatic rings. The summed E-state index contributed by atoms with van der Waals surface area (Å²) < 4.78 is 12.6. The average molecular weight is 221 g/mol. The predicted octanol–water partition coefficient (Wildman–Crippen LogP) is -0.855. The topological polar surface area (TPSA) is 71.2 Å². The molecule has 0 saturated heterocycles. The smallest absolute Gasteiger partial charge is 0.422 e. The molecule has 0 aliphatic heterocycles. The Morgan fingerprint density at radius 3 is 2.50 bits per heavy atom. The van der Waals surface area contributed by atoms with Crippen LogP contribution in [0.25, 0.3) is 0 Å².